The number of rotatable bonds is 3. The highest BCUT2D eigenvalue weighted by atomic mass is 32.2. The number of sulfone groups is 1. The lowest BCUT2D eigenvalue weighted by Crippen LogP contribution is -2.36. The number of hydrogen-bond acceptors (Lipinski definition) is 4. The van der Waals surface area contributed by atoms with Crippen molar-refractivity contribution in [2.45, 2.75) is 18.9 Å². The zero-order valence-corrected chi connectivity index (χ0v) is 9.40. The highest BCUT2D eigenvalue weighted by Gasteiger charge is 2.24. The SMILES string of the molecule is CN(/C=C/C(=O)O)C1CCS(=O)(=O)CC1. The maximum Gasteiger partial charge on any atom is 0.329 e. The van der Waals surface area contributed by atoms with Crippen LogP contribution in [0.25, 0.3) is 0 Å². The summed E-state index contributed by atoms with van der Waals surface area (Å²) >= 11 is 0. The average molecular weight is 233 g/mol. The summed E-state index contributed by atoms with van der Waals surface area (Å²) in [7, 11) is -1.08. The van der Waals surface area contributed by atoms with Gasteiger partial charge in [0.25, 0.3) is 0 Å². The number of carboxylic acid groups (broad SMARTS) is 1. The Morgan fingerprint density at radius 1 is 1.40 bits per heavy atom. The third-order valence-electron chi connectivity index (χ3n) is 2.55. The van der Waals surface area contributed by atoms with Crippen LogP contribution in [0.1, 0.15) is 12.8 Å². The molecule has 86 valence electrons. The fraction of sp³-hybridized carbons (Fsp3) is 0.667. The van der Waals surface area contributed by atoms with Crippen LogP contribution >= 0.6 is 0 Å². The van der Waals surface area contributed by atoms with Crippen LogP contribution in [0.15, 0.2) is 12.3 Å². The van der Waals surface area contributed by atoms with E-state index in [0.717, 1.165) is 6.08 Å². The molecule has 0 aliphatic carbocycles. The van der Waals surface area contributed by atoms with Crippen molar-refractivity contribution in [1.82, 2.24) is 4.90 Å². The third kappa shape index (κ3) is 3.91. The van der Waals surface area contributed by atoms with E-state index in [4.69, 9.17) is 5.11 Å². The molecule has 0 spiro atoms. The van der Waals surface area contributed by atoms with Crippen molar-refractivity contribution < 1.29 is 18.3 Å². The molecule has 1 fully saturated rings. The Hall–Kier alpha value is -1.04. The second kappa shape index (κ2) is 4.65. The minimum Gasteiger partial charge on any atom is -0.478 e. The molecule has 0 atom stereocenters. The Bertz CT molecular complexity index is 346. The Morgan fingerprint density at radius 3 is 2.40 bits per heavy atom. The molecule has 15 heavy (non-hydrogen) atoms. The minimum absolute atomic E-state index is 0.129. The average Bonchev–Trinajstić information content (AvgIpc) is 2.14. The second-order valence-electron chi connectivity index (χ2n) is 3.70. The molecule has 0 radical (unpaired) electrons. The van der Waals surface area contributed by atoms with Crippen molar-refractivity contribution in [3.63, 3.8) is 0 Å². The van der Waals surface area contributed by atoms with Crippen molar-refractivity contribution in [3.8, 4) is 0 Å². The van der Waals surface area contributed by atoms with Crippen LogP contribution in [-0.2, 0) is 14.6 Å². The molecular weight excluding hydrogens is 218 g/mol. The molecule has 1 heterocycles. The molecule has 5 nitrogen and oxygen atoms in total. The number of carbonyl (C=O) groups is 1. The van der Waals surface area contributed by atoms with Gasteiger partial charge in [-0.1, -0.05) is 0 Å². The maximum atomic E-state index is 11.2. The van der Waals surface area contributed by atoms with Crippen molar-refractivity contribution in [2.24, 2.45) is 0 Å². The minimum atomic E-state index is -2.85. The second-order valence-corrected chi connectivity index (χ2v) is 6.01. The summed E-state index contributed by atoms with van der Waals surface area (Å²) in [5.41, 5.74) is 0. The first kappa shape index (κ1) is 12.0. The Balaban J connectivity index is 2.50. The Labute approximate surface area is 89.3 Å². The van der Waals surface area contributed by atoms with Gasteiger partial charge in [0.2, 0.25) is 0 Å². The molecule has 6 heteroatoms. The lowest BCUT2D eigenvalue weighted by Gasteiger charge is -2.29. The highest BCUT2D eigenvalue weighted by Crippen LogP contribution is 2.16. The van der Waals surface area contributed by atoms with Gasteiger partial charge in [0.05, 0.1) is 11.5 Å². The number of aliphatic carboxylic acids is 1. The first-order valence-electron chi connectivity index (χ1n) is 4.74. The molecule has 1 saturated heterocycles. The van der Waals surface area contributed by atoms with Crippen LogP contribution in [0.4, 0.5) is 0 Å². The van der Waals surface area contributed by atoms with Crippen LogP contribution in [0.5, 0.6) is 0 Å². The van der Waals surface area contributed by atoms with E-state index >= 15 is 0 Å². The van der Waals surface area contributed by atoms with Crippen molar-refractivity contribution in [2.75, 3.05) is 18.6 Å². The van der Waals surface area contributed by atoms with E-state index in [1.165, 1.54) is 6.20 Å². The van der Waals surface area contributed by atoms with Crippen LogP contribution < -0.4 is 0 Å². The molecule has 1 N–H and O–H groups in total. The van der Waals surface area contributed by atoms with Gasteiger partial charge in [-0.3, -0.25) is 0 Å². The Morgan fingerprint density at radius 2 is 1.93 bits per heavy atom. The predicted molar refractivity (Wildman–Crippen MR) is 56.2 cm³/mol. The maximum absolute atomic E-state index is 11.2. The van der Waals surface area contributed by atoms with Crippen molar-refractivity contribution in [3.05, 3.63) is 12.3 Å². The highest BCUT2D eigenvalue weighted by molar-refractivity contribution is 7.91. The summed E-state index contributed by atoms with van der Waals surface area (Å²) in [5.74, 6) is -0.600. The number of carboxylic acids is 1. The first-order valence-corrected chi connectivity index (χ1v) is 6.56. The van der Waals surface area contributed by atoms with Crippen LogP contribution in [0.2, 0.25) is 0 Å². The molecule has 1 aliphatic heterocycles. The molecule has 0 aromatic carbocycles. The fourth-order valence-corrected chi connectivity index (χ4v) is 3.05. The summed E-state index contributed by atoms with van der Waals surface area (Å²) in [6, 6.07) is 0.129. The topological polar surface area (TPSA) is 74.7 Å². The normalized spacial score (nSPS) is 21.7. The van der Waals surface area contributed by atoms with E-state index in [1.54, 1.807) is 11.9 Å². The molecule has 1 rings (SSSR count). The van der Waals surface area contributed by atoms with Gasteiger partial charge in [-0.2, -0.15) is 0 Å². The van der Waals surface area contributed by atoms with Crippen LogP contribution in [-0.4, -0.2) is 49.0 Å². The molecule has 0 amide bonds. The number of nitrogens with zero attached hydrogens (tertiary/aromatic N) is 1. The van der Waals surface area contributed by atoms with E-state index < -0.39 is 15.8 Å². The molecule has 0 unspecified atom stereocenters. The van der Waals surface area contributed by atoms with Crippen molar-refractivity contribution in [1.29, 1.82) is 0 Å². The quantitative estimate of drug-likeness (QED) is 0.699. The largest absolute Gasteiger partial charge is 0.478 e. The van der Waals surface area contributed by atoms with E-state index in [0.29, 0.717) is 12.8 Å². The summed E-state index contributed by atoms with van der Waals surface area (Å²) in [5, 5.41) is 8.43. The summed E-state index contributed by atoms with van der Waals surface area (Å²) in [6.07, 6.45) is 3.68. The standard InChI is InChI=1S/C9H15NO4S/c1-10(5-2-9(11)12)8-3-6-15(13,14)7-4-8/h2,5,8H,3-4,6-7H2,1H3,(H,11,12)/b5-2+. The zero-order valence-electron chi connectivity index (χ0n) is 8.59. The monoisotopic (exact) mass is 233 g/mol. The van der Waals surface area contributed by atoms with E-state index in [-0.39, 0.29) is 17.5 Å². The van der Waals surface area contributed by atoms with Crippen LogP contribution in [0, 0.1) is 0 Å². The lowest BCUT2D eigenvalue weighted by molar-refractivity contribution is -0.131. The van der Waals surface area contributed by atoms with Gasteiger partial charge >= 0.3 is 5.97 Å². The molecule has 0 saturated carbocycles. The van der Waals surface area contributed by atoms with Gasteiger partial charge < -0.3 is 10.0 Å². The predicted octanol–water partition coefficient (Wildman–Crippen LogP) is 0.0937. The summed E-state index contributed by atoms with van der Waals surface area (Å²) < 4.78 is 22.3. The molecule has 0 bridgehead atoms. The number of hydrogen-bond donors (Lipinski definition) is 1. The third-order valence-corrected chi connectivity index (χ3v) is 4.27. The van der Waals surface area contributed by atoms with E-state index in [2.05, 4.69) is 0 Å². The summed E-state index contributed by atoms with van der Waals surface area (Å²) in [4.78, 5) is 12.0. The van der Waals surface area contributed by atoms with Crippen molar-refractivity contribution >= 4 is 15.8 Å². The zero-order chi connectivity index (χ0) is 11.5. The first-order chi connectivity index (χ1) is 6.91. The Kier molecular flexibility index (Phi) is 3.73. The van der Waals surface area contributed by atoms with Gasteiger partial charge in [0.15, 0.2) is 0 Å². The fourth-order valence-electron chi connectivity index (χ4n) is 1.59. The van der Waals surface area contributed by atoms with Gasteiger partial charge in [-0.25, -0.2) is 13.2 Å². The van der Waals surface area contributed by atoms with Gasteiger partial charge in [-0.05, 0) is 12.8 Å². The smallest absolute Gasteiger partial charge is 0.329 e. The van der Waals surface area contributed by atoms with E-state index in [1.807, 2.05) is 0 Å². The lowest BCUT2D eigenvalue weighted by atomic mass is 10.1. The molecule has 0 aromatic rings. The van der Waals surface area contributed by atoms with Gasteiger partial charge in [0, 0.05) is 25.4 Å². The molecular formula is C9H15NO4S. The van der Waals surface area contributed by atoms with Crippen LogP contribution in [0.3, 0.4) is 0 Å². The molecule has 0 aromatic heterocycles. The van der Waals surface area contributed by atoms with Gasteiger partial charge in [-0.15, -0.1) is 0 Å². The summed E-state index contributed by atoms with van der Waals surface area (Å²) in [6.45, 7) is 0. The van der Waals surface area contributed by atoms with E-state index in [9.17, 15) is 13.2 Å². The molecule has 1 aliphatic rings. The van der Waals surface area contributed by atoms with Gasteiger partial charge in [0.1, 0.15) is 9.84 Å².